The van der Waals surface area contributed by atoms with Crippen LogP contribution in [0.1, 0.15) is 33.0 Å². The summed E-state index contributed by atoms with van der Waals surface area (Å²) in [5.74, 6) is -0.269. The summed E-state index contributed by atoms with van der Waals surface area (Å²) < 4.78 is 7.05. The van der Waals surface area contributed by atoms with Gasteiger partial charge in [-0.15, -0.1) is 0 Å². The van der Waals surface area contributed by atoms with Crippen molar-refractivity contribution in [1.29, 1.82) is 0 Å². The number of hydrogen-bond acceptors (Lipinski definition) is 5. The van der Waals surface area contributed by atoms with Crippen molar-refractivity contribution in [2.24, 2.45) is 0 Å². The summed E-state index contributed by atoms with van der Waals surface area (Å²) >= 11 is 0. The number of fused-ring (bicyclic) bond motifs is 2. The smallest absolute Gasteiger partial charge is 0.261 e. The molecule has 0 atom stereocenters. The van der Waals surface area contributed by atoms with Crippen LogP contribution in [0.25, 0.3) is 10.9 Å². The molecule has 1 fully saturated rings. The largest absolute Gasteiger partial charge is 0.370 e. The number of ether oxygens (including phenoxy) is 1. The average molecular weight is 433 g/mol. The van der Waals surface area contributed by atoms with E-state index in [-0.39, 0.29) is 23.9 Å². The molecule has 164 valence electrons. The summed E-state index contributed by atoms with van der Waals surface area (Å²) in [5, 5.41) is 0.539. The molecule has 2 aromatic carbocycles. The Balaban J connectivity index is 1.45. The number of amides is 2. The zero-order valence-electron chi connectivity index (χ0n) is 17.8. The second kappa shape index (κ2) is 8.64. The number of morpholine rings is 1. The van der Waals surface area contributed by atoms with E-state index in [4.69, 9.17) is 4.74 Å². The lowest BCUT2D eigenvalue weighted by Gasteiger charge is -2.24. The summed E-state index contributed by atoms with van der Waals surface area (Å²) in [6.07, 6.45) is 0.796. The molecule has 1 saturated heterocycles. The molecule has 0 spiro atoms. The minimum atomic E-state index is -0.350. The molecule has 8 nitrogen and oxygen atoms in total. The van der Waals surface area contributed by atoms with E-state index in [1.165, 1.54) is 9.80 Å². The first-order valence-electron chi connectivity index (χ1n) is 11.0. The lowest BCUT2D eigenvalue weighted by molar-refractivity contribution is -0.908. The zero-order chi connectivity index (χ0) is 22.1. The van der Waals surface area contributed by atoms with Gasteiger partial charge in [-0.1, -0.05) is 24.3 Å². The Morgan fingerprint density at radius 3 is 2.28 bits per heavy atom. The average Bonchev–Trinajstić information content (AvgIpc) is 3.07. The van der Waals surface area contributed by atoms with E-state index in [0.717, 1.165) is 39.3 Å². The van der Waals surface area contributed by atoms with Crippen LogP contribution in [0.15, 0.2) is 53.3 Å². The molecule has 3 aromatic rings. The second-order valence-corrected chi connectivity index (χ2v) is 8.21. The molecule has 2 aliphatic heterocycles. The van der Waals surface area contributed by atoms with Gasteiger partial charge < -0.3 is 9.64 Å². The number of quaternary nitrogens is 1. The number of para-hydroxylation sites is 1. The van der Waals surface area contributed by atoms with Crippen molar-refractivity contribution < 1.29 is 19.2 Å². The summed E-state index contributed by atoms with van der Waals surface area (Å²) in [6.45, 7) is 4.83. The third-order valence-corrected chi connectivity index (χ3v) is 6.23. The van der Waals surface area contributed by atoms with E-state index < -0.39 is 0 Å². The van der Waals surface area contributed by atoms with Crippen LogP contribution < -0.4 is 10.5 Å². The first kappa shape index (κ1) is 20.5. The molecule has 1 N–H and O–H groups in total. The van der Waals surface area contributed by atoms with Crippen molar-refractivity contribution >= 4 is 22.7 Å². The van der Waals surface area contributed by atoms with Gasteiger partial charge in [0, 0.05) is 13.0 Å². The number of carbonyl (C=O) groups excluding carboxylic acids is 2. The third-order valence-electron chi connectivity index (χ3n) is 6.23. The molecule has 2 aliphatic rings. The summed E-state index contributed by atoms with van der Waals surface area (Å²) in [6, 6.07) is 14.0. The van der Waals surface area contributed by atoms with Crippen molar-refractivity contribution in [1.82, 2.24) is 14.5 Å². The van der Waals surface area contributed by atoms with Gasteiger partial charge in [-0.05, 0) is 24.3 Å². The standard InChI is InChI=1S/C24H24N4O4/c29-22-17-6-1-2-7-18(17)23(30)28(22)16-21-25-20-9-4-3-8-19(20)24(31)27(21)11-5-10-26-12-14-32-15-13-26/h1-4,6-9H,5,10-16H2/p+1. The van der Waals surface area contributed by atoms with Gasteiger partial charge in [0.15, 0.2) is 0 Å². The molecule has 8 heteroatoms. The van der Waals surface area contributed by atoms with Gasteiger partial charge in [-0.2, -0.15) is 0 Å². The molecular formula is C24H25N4O4+. The number of nitrogens with one attached hydrogen (secondary N) is 1. The minimum Gasteiger partial charge on any atom is -0.370 e. The van der Waals surface area contributed by atoms with Crippen molar-refractivity contribution in [2.45, 2.75) is 19.5 Å². The van der Waals surface area contributed by atoms with Gasteiger partial charge >= 0.3 is 0 Å². The highest BCUT2D eigenvalue weighted by Crippen LogP contribution is 2.24. The first-order chi connectivity index (χ1) is 15.6. The number of imide groups is 1. The van der Waals surface area contributed by atoms with E-state index >= 15 is 0 Å². The maximum Gasteiger partial charge on any atom is 0.261 e. The monoisotopic (exact) mass is 433 g/mol. The molecule has 3 heterocycles. The van der Waals surface area contributed by atoms with Crippen molar-refractivity contribution in [2.75, 3.05) is 32.8 Å². The molecule has 0 aliphatic carbocycles. The van der Waals surface area contributed by atoms with E-state index in [0.29, 0.717) is 34.4 Å². The lowest BCUT2D eigenvalue weighted by atomic mass is 10.1. The fraction of sp³-hybridized carbons (Fsp3) is 0.333. The maximum absolute atomic E-state index is 13.3. The summed E-state index contributed by atoms with van der Waals surface area (Å²) in [4.78, 5) is 46.4. The van der Waals surface area contributed by atoms with Gasteiger partial charge in [-0.25, -0.2) is 4.98 Å². The number of nitrogens with zero attached hydrogens (tertiary/aromatic N) is 3. The fourth-order valence-electron chi connectivity index (χ4n) is 4.49. The van der Waals surface area contributed by atoms with Crippen LogP contribution in [-0.4, -0.2) is 59.1 Å². The normalized spacial score (nSPS) is 16.7. The molecule has 5 rings (SSSR count). The van der Waals surface area contributed by atoms with Crippen LogP contribution in [0.3, 0.4) is 0 Å². The van der Waals surface area contributed by atoms with E-state index in [1.54, 1.807) is 41.0 Å². The van der Waals surface area contributed by atoms with Crippen molar-refractivity contribution in [3.8, 4) is 0 Å². The van der Waals surface area contributed by atoms with Crippen LogP contribution in [0.4, 0.5) is 0 Å². The van der Waals surface area contributed by atoms with Crippen LogP contribution in [0, 0.1) is 0 Å². The third kappa shape index (κ3) is 3.72. The predicted molar refractivity (Wildman–Crippen MR) is 118 cm³/mol. The molecule has 0 radical (unpaired) electrons. The summed E-state index contributed by atoms with van der Waals surface area (Å²) in [5.41, 5.74) is 1.21. The Morgan fingerprint density at radius 2 is 1.56 bits per heavy atom. The van der Waals surface area contributed by atoms with E-state index in [1.807, 2.05) is 12.1 Å². The minimum absolute atomic E-state index is 0.0309. The number of carbonyl (C=O) groups is 2. The van der Waals surface area contributed by atoms with E-state index in [9.17, 15) is 14.4 Å². The van der Waals surface area contributed by atoms with Gasteiger partial charge in [-0.3, -0.25) is 23.9 Å². The topological polar surface area (TPSA) is 85.9 Å². The van der Waals surface area contributed by atoms with Crippen LogP contribution >= 0.6 is 0 Å². The molecule has 1 aromatic heterocycles. The highest BCUT2D eigenvalue weighted by Gasteiger charge is 2.36. The molecular weight excluding hydrogens is 408 g/mol. The molecule has 0 saturated carbocycles. The Bertz CT molecular complexity index is 1210. The van der Waals surface area contributed by atoms with Crippen molar-refractivity contribution in [3.63, 3.8) is 0 Å². The fourth-order valence-corrected chi connectivity index (χ4v) is 4.49. The van der Waals surface area contributed by atoms with Crippen LogP contribution in [0.5, 0.6) is 0 Å². The number of aromatic nitrogens is 2. The maximum atomic E-state index is 13.3. The van der Waals surface area contributed by atoms with Crippen LogP contribution in [-0.2, 0) is 17.8 Å². The highest BCUT2D eigenvalue weighted by molar-refractivity contribution is 6.21. The zero-order valence-corrected chi connectivity index (χ0v) is 17.8. The number of hydrogen-bond donors (Lipinski definition) is 1. The number of rotatable bonds is 6. The Morgan fingerprint density at radius 1 is 0.906 bits per heavy atom. The Labute approximate surface area is 185 Å². The second-order valence-electron chi connectivity index (χ2n) is 8.21. The highest BCUT2D eigenvalue weighted by atomic mass is 16.5. The first-order valence-corrected chi connectivity index (χ1v) is 11.0. The predicted octanol–water partition coefficient (Wildman–Crippen LogP) is 0.498. The van der Waals surface area contributed by atoms with Gasteiger partial charge in [0.05, 0.1) is 48.3 Å². The van der Waals surface area contributed by atoms with Crippen LogP contribution in [0.2, 0.25) is 0 Å². The van der Waals surface area contributed by atoms with E-state index in [2.05, 4.69) is 4.98 Å². The summed E-state index contributed by atoms with van der Waals surface area (Å²) in [7, 11) is 0. The Kier molecular flexibility index (Phi) is 5.55. The molecule has 0 unspecified atom stereocenters. The van der Waals surface area contributed by atoms with Crippen molar-refractivity contribution in [3.05, 3.63) is 75.8 Å². The molecule has 32 heavy (non-hydrogen) atoms. The van der Waals surface area contributed by atoms with Gasteiger partial charge in [0.1, 0.15) is 18.9 Å². The van der Waals surface area contributed by atoms with Gasteiger partial charge in [0.25, 0.3) is 17.4 Å². The lowest BCUT2D eigenvalue weighted by Crippen LogP contribution is -3.14. The molecule has 2 amide bonds. The SMILES string of the molecule is O=C1c2ccccc2C(=O)N1Cc1nc2ccccc2c(=O)n1CCC[NH+]1CCOCC1. The number of benzene rings is 2. The van der Waals surface area contributed by atoms with Gasteiger partial charge in [0.2, 0.25) is 0 Å². The quantitative estimate of drug-likeness (QED) is 0.572. The molecule has 0 bridgehead atoms. The Hall–Kier alpha value is -3.36.